The van der Waals surface area contributed by atoms with Gasteiger partial charge in [-0.15, -0.1) is 11.3 Å². The van der Waals surface area contributed by atoms with Crippen molar-refractivity contribution in [2.45, 2.75) is 59.6 Å². The Balaban J connectivity index is 1.91. The number of para-hydroxylation sites is 1. The van der Waals surface area contributed by atoms with Gasteiger partial charge in [-0.25, -0.2) is 9.36 Å². The molecule has 1 atom stereocenters. The summed E-state index contributed by atoms with van der Waals surface area (Å²) in [4.78, 5) is 43.7. The average Bonchev–Trinajstić information content (AvgIpc) is 3.33. The number of benzene rings is 1. The van der Waals surface area contributed by atoms with Crippen LogP contribution in [0.3, 0.4) is 0 Å². The third-order valence-electron chi connectivity index (χ3n) is 5.50. The van der Waals surface area contributed by atoms with Crippen LogP contribution in [0.1, 0.15) is 50.1 Å². The van der Waals surface area contributed by atoms with Crippen LogP contribution in [0.15, 0.2) is 39.9 Å². The molecule has 0 radical (unpaired) electrons. The number of hydrogen-bond acceptors (Lipinski definition) is 7. The monoisotopic (exact) mass is 499 g/mol. The minimum atomic E-state index is -1.23. The summed E-state index contributed by atoms with van der Waals surface area (Å²) >= 11 is 1.14. The van der Waals surface area contributed by atoms with E-state index in [9.17, 15) is 19.5 Å². The van der Waals surface area contributed by atoms with Crippen LogP contribution in [-0.4, -0.2) is 37.4 Å². The number of fused-ring (bicyclic) bond motifs is 2. The lowest BCUT2D eigenvalue weighted by molar-refractivity contribution is -0.155. The van der Waals surface area contributed by atoms with E-state index in [2.05, 4.69) is 4.98 Å². The first-order chi connectivity index (χ1) is 16.5. The van der Waals surface area contributed by atoms with E-state index < -0.39 is 35.7 Å². The van der Waals surface area contributed by atoms with Crippen molar-refractivity contribution in [2.75, 3.05) is 6.61 Å². The van der Waals surface area contributed by atoms with Crippen molar-refractivity contribution in [3.05, 3.63) is 67.3 Å². The van der Waals surface area contributed by atoms with Gasteiger partial charge in [0.05, 0.1) is 16.8 Å². The number of carbonyl (C=O) groups excluding carboxylic acids is 1. The number of H-pyrrole nitrogens is 1. The van der Waals surface area contributed by atoms with Crippen LogP contribution in [0.25, 0.3) is 21.1 Å². The Morgan fingerprint density at radius 1 is 1.20 bits per heavy atom. The van der Waals surface area contributed by atoms with E-state index in [0.717, 1.165) is 32.5 Å². The van der Waals surface area contributed by atoms with Crippen LogP contribution in [0.4, 0.5) is 0 Å². The topological polar surface area (TPSA) is 116 Å². The van der Waals surface area contributed by atoms with Gasteiger partial charge in [0.25, 0.3) is 5.56 Å². The van der Waals surface area contributed by atoms with E-state index in [-0.39, 0.29) is 18.5 Å². The van der Waals surface area contributed by atoms with Crippen molar-refractivity contribution in [1.29, 1.82) is 0 Å². The summed E-state index contributed by atoms with van der Waals surface area (Å²) in [5.74, 6) is -0.685. The number of ether oxygens (including phenoxy) is 2. The molecule has 4 rings (SSSR count). The van der Waals surface area contributed by atoms with E-state index in [1.54, 1.807) is 34.6 Å². The number of esters is 1. The Bertz CT molecular complexity index is 1490. The summed E-state index contributed by atoms with van der Waals surface area (Å²) in [7, 11) is 0. The zero-order chi connectivity index (χ0) is 25.5. The normalized spacial score (nSPS) is 13.0. The molecule has 3 aromatic heterocycles. The minimum absolute atomic E-state index is 0.142. The molecule has 35 heavy (non-hydrogen) atoms. The molecule has 0 saturated heterocycles. The van der Waals surface area contributed by atoms with Gasteiger partial charge in [-0.05, 0) is 57.7 Å². The van der Waals surface area contributed by atoms with Gasteiger partial charge in [0.2, 0.25) is 0 Å². The zero-order valence-electron chi connectivity index (χ0n) is 20.4. The fraction of sp³-hybridized carbons (Fsp3) is 0.400. The molecule has 0 fully saturated rings. The smallest absolute Gasteiger partial charge is 0.333 e. The first-order valence-corrected chi connectivity index (χ1v) is 12.2. The number of hydrogen-bond donors (Lipinski definition) is 2. The molecule has 0 aliphatic carbocycles. The lowest BCUT2D eigenvalue weighted by Crippen LogP contribution is -2.42. The predicted molar refractivity (Wildman–Crippen MR) is 135 cm³/mol. The maximum atomic E-state index is 13.6. The Labute approximate surface area is 205 Å². The average molecular weight is 500 g/mol. The van der Waals surface area contributed by atoms with Gasteiger partial charge in [0.15, 0.2) is 6.29 Å². The largest absolute Gasteiger partial charge is 0.459 e. The fourth-order valence-corrected chi connectivity index (χ4v) is 5.28. The molecule has 0 saturated carbocycles. The van der Waals surface area contributed by atoms with Crippen LogP contribution in [0.2, 0.25) is 0 Å². The van der Waals surface area contributed by atoms with E-state index in [0.29, 0.717) is 15.3 Å². The van der Waals surface area contributed by atoms with Crippen LogP contribution in [0.5, 0.6) is 0 Å². The van der Waals surface area contributed by atoms with Gasteiger partial charge in [-0.3, -0.25) is 14.2 Å². The van der Waals surface area contributed by atoms with Crippen LogP contribution in [-0.2, 0) is 27.4 Å². The third kappa shape index (κ3) is 4.95. The van der Waals surface area contributed by atoms with Gasteiger partial charge < -0.3 is 19.6 Å². The van der Waals surface area contributed by atoms with Crippen LogP contribution < -0.4 is 11.2 Å². The molecule has 0 spiro atoms. The highest BCUT2D eigenvalue weighted by atomic mass is 32.1. The highest BCUT2D eigenvalue weighted by Crippen LogP contribution is 2.33. The minimum Gasteiger partial charge on any atom is -0.459 e. The maximum absolute atomic E-state index is 13.6. The number of carbonyl (C=O) groups is 1. The molecule has 3 heterocycles. The van der Waals surface area contributed by atoms with E-state index in [1.807, 2.05) is 30.3 Å². The quantitative estimate of drug-likeness (QED) is 0.297. The SMILES string of the molecule is CCOC(O)c1sc2c(c1C)c(=O)n(CC(=O)OC(C)(C)C)c(=O)n2Cc1cc2ccccc2[nH]1. The summed E-state index contributed by atoms with van der Waals surface area (Å²) in [6.07, 6.45) is -1.23. The van der Waals surface area contributed by atoms with E-state index in [1.165, 1.54) is 4.57 Å². The van der Waals surface area contributed by atoms with Gasteiger partial charge in [0.1, 0.15) is 17.0 Å². The number of aliphatic hydroxyl groups excluding tert-OH is 1. The molecule has 0 aliphatic heterocycles. The van der Waals surface area contributed by atoms with Gasteiger partial charge in [-0.1, -0.05) is 18.2 Å². The zero-order valence-corrected chi connectivity index (χ0v) is 21.2. The lowest BCUT2D eigenvalue weighted by Gasteiger charge is -2.20. The van der Waals surface area contributed by atoms with E-state index >= 15 is 0 Å². The number of nitrogens with one attached hydrogen (secondary N) is 1. The van der Waals surface area contributed by atoms with Crippen LogP contribution >= 0.6 is 11.3 Å². The number of nitrogens with zero attached hydrogens (tertiary/aromatic N) is 2. The molecule has 4 aromatic rings. The van der Waals surface area contributed by atoms with Crippen molar-refractivity contribution in [2.24, 2.45) is 0 Å². The van der Waals surface area contributed by atoms with Gasteiger partial charge in [0, 0.05) is 17.8 Å². The predicted octanol–water partition coefficient (Wildman–Crippen LogP) is 3.43. The molecule has 9 nitrogen and oxygen atoms in total. The Morgan fingerprint density at radius 3 is 2.57 bits per heavy atom. The molecule has 10 heteroatoms. The molecule has 2 N–H and O–H groups in total. The lowest BCUT2D eigenvalue weighted by atomic mass is 10.2. The number of aromatic nitrogens is 3. The Morgan fingerprint density at radius 2 is 1.91 bits per heavy atom. The van der Waals surface area contributed by atoms with Crippen molar-refractivity contribution in [3.63, 3.8) is 0 Å². The summed E-state index contributed by atoms with van der Waals surface area (Å²) in [6, 6.07) is 9.68. The van der Waals surface area contributed by atoms with E-state index in [4.69, 9.17) is 9.47 Å². The number of aliphatic hydroxyl groups is 1. The second-order valence-electron chi connectivity index (χ2n) is 9.31. The molecule has 1 unspecified atom stereocenters. The summed E-state index contributed by atoms with van der Waals surface area (Å²) in [5.41, 5.74) is 0.192. The second-order valence-corrected chi connectivity index (χ2v) is 10.3. The van der Waals surface area contributed by atoms with Gasteiger partial charge >= 0.3 is 11.7 Å². The van der Waals surface area contributed by atoms with Crippen molar-refractivity contribution >= 4 is 38.4 Å². The maximum Gasteiger partial charge on any atom is 0.333 e. The standard InChI is InChI=1S/C25H29N3O6S/c1-6-33-23(31)20-14(2)19-21(30)27(13-18(29)34-25(3,4)5)24(32)28(22(19)35-20)12-16-11-15-9-7-8-10-17(15)26-16/h7-11,23,26,31H,6,12-13H2,1-5H3. The summed E-state index contributed by atoms with van der Waals surface area (Å²) < 4.78 is 13.1. The molecule has 186 valence electrons. The summed E-state index contributed by atoms with van der Waals surface area (Å²) in [6.45, 7) is 8.51. The van der Waals surface area contributed by atoms with Crippen molar-refractivity contribution in [1.82, 2.24) is 14.1 Å². The highest BCUT2D eigenvalue weighted by molar-refractivity contribution is 7.19. The van der Waals surface area contributed by atoms with Crippen molar-refractivity contribution < 1.29 is 19.4 Å². The Kier molecular flexibility index (Phi) is 6.72. The second kappa shape index (κ2) is 9.44. The first-order valence-electron chi connectivity index (χ1n) is 11.3. The number of rotatable bonds is 7. The third-order valence-corrected chi connectivity index (χ3v) is 6.85. The molecule has 0 amide bonds. The molecular formula is C25H29N3O6S. The van der Waals surface area contributed by atoms with Gasteiger partial charge in [-0.2, -0.15) is 0 Å². The van der Waals surface area contributed by atoms with Crippen molar-refractivity contribution in [3.8, 4) is 0 Å². The Hall–Kier alpha value is -3.21. The highest BCUT2D eigenvalue weighted by Gasteiger charge is 2.26. The van der Waals surface area contributed by atoms with Crippen LogP contribution in [0, 0.1) is 6.92 Å². The molecule has 1 aromatic carbocycles. The first kappa shape index (κ1) is 24.9. The molecule has 0 aliphatic rings. The summed E-state index contributed by atoms with van der Waals surface area (Å²) in [5, 5.41) is 11.7. The molecule has 0 bridgehead atoms. The number of thiophene rings is 1. The number of aryl methyl sites for hydroxylation is 1. The fourth-order valence-electron chi connectivity index (χ4n) is 4.05. The molecular weight excluding hydrogens is 470 g/mol. The number of aromatic amines is 1.